The van der Waals surface area contributed by atoms with Crippen molar-refractivity contribution in [1.82, 2.24) is 14.9 Å². The fourth-order valence-electron chi connectivity index (χ4n) is 3.55. The van der Waals surface area contributed by atoms with Crippen LogP contribution in [0.25, 0.3) is 0 Å². The van der Waals surface area contributed by atoms with E-state index in [4.69, 9.17) is 0 Å². The lowest BCUT2D eigenvalue weighted by atomic mass is 9.88. The third kappa shape index (κ3) is 4.43. The molecule has 0 saturated carbocycles. The van der Waals surface area contributed by atoms with Gasteiger partial charge in [0.2, 0.25) is 15.2 Å². The van der Waals surface area contributed by atoms with Crippen LogP contribution in [0.2, 0.25) is 0 Å². The first kappa shape index (κ1) is 20.6. The predicted octanol–water partition coefficient (Wildman–Crippen LogP) is 3.71. The molecule has 1 aliphatic rings. The molecule has 0 unspecified atom stereocenters. The number of hydrogen-bond donors (Lipinski definition) is 2. The molecule has 0 aliphatic heterocycles. The number of hydrogen-bond acceptors (Lipinski definition) is 6. The van der Waals surface area contributed by atoms with Gasteiger partial charge in [0.1, 0.15) is 5.01 Å². The smallest absolute Gasteiger partial charge is 0.257 e. The fraction of sp³-hybridized carbons (Fsp3) is 0.286. The van der Waals surface area contributed by atoms with Gasteiger partial charge in [-0.25, -0.2) is 13.1 Å². The van der Waals surface area contributed by atoms with Gasteiger partial charge in [0.15, 0.2) is 0 Å². The molecule has 1 heterocycles. The summed E-state index contributed by atoms with van der Waals surface area (Å²) in [6.07, 6.45) is 3.36. The van der Waals surface area contributed by atoms with Gasteiger partial charge in [-0.2, -0.15) is 0 Å². The summed E-state index contributed by atoms with van der Waals surface area (Å²) in [7, 11) is -3.79. The summed E-state index contributed by atoms with van der Waals surface area (Å²) < 4.78 is 28.9. The van der Waals surface area contributed by atoms with Gasteiger partial charge in [0.05, 0.1) is 4.90 Å². The summed E-state index contributed by atoms with van der Waals surface area (Å²) in [5.74, 6) is -0.422. The van der Waals surface area contributed by atoms with Crippen molar-refractivity contribution < 1.29 is 13.2 Å². The Morgan fingerprint density at radius 2 is 2.00 bits per heavy atom. The zero-order valence-electron chi connectivity index (χ0n) is 16.5. The predicted molar refractivity (Wildman–Crippen MR) is 116 cm³/mol. The number of aromatic nitrogens is 2. The fourth-order valence-corrected chi connectivity index (χ4v) is 5.52. The molecule has 0 spiro atoms. The number of fused-ring (bicyclic) bond motifs is 1. The van der Waals surface area contributed by atoms with E-state index in [1.165, 1.54) is 29.0 Å². The monoisotopic (exact) mass is 442 g/mol. The van der Waals surface area contributed by atoms with E-state index in [1.807, 2.05) is 31.2 Å². The lowest BCUT2D eigenvalue weighted by Gasteiger charge is -2.26. The number of carbonyl (C=O) groups excluding carboxylic acids is 1. The molecule has 1 aromatic heterocycles. The molecule has 30 heavy (non-hydrogen) atoms. The Morgan fingerprint density at radius 1 is 1.17 bits per heavy atom. The highest BCUT2D eigenvalue weighted by Gasteiger charge is 2.26. The minimum absolute atomic E-state index is 0.0599. The van der Waals surface area contributed by atoms with Crippen LogP contribution < -0.4 is 10.0 Å². The van der Waals surface area contributed by atoms with Crippen molar-refractivity contribution in [2.24, 2.45) is 0 Å². The Morgan fingerprint density at radius 3 is 2.80 bits per heavy atom. The molecule has 7 nitrogen and oxygen atoms in total. The maximum atomic E-state index is 13.0. The van der Waals surface area contributed by atoms with E-state index in [-0.39, 0.29) is 16.5 Å². The molecule has 1 amide bonds. The van der Waals surface area contributed by atoms with Crippen LogP contribution in [0.4, 0.5) is 5.13 Å². The Labute approximate surface area is 179 Å². The zero-order chi connectivity index (χ0) is 21.1. The Balaban J connectivity index is 1.53. The van der Waals surface area contributed by atoms with E-state index in [2.05, 4.69) is 20.2 Å². The molecule has 156 valence electrons. The van der Waals surface area contributed by atoms with Gasteiger partial charge in [0, 0.05) is 11.6 Å². The Kier molecular flexibility index (Phi) is 5.94. The molecule has 0 bridgehead atoms. The average Bonchev–Trinajstić information content (AvgIpc) is 3.21. The van der Waals surface area contributed by atoms with Gasteiger partial charge in [0.25, 0.3) is 5.91 Å². The summed E-state index contributed by atoms with van der Waals surface area (Å²) in [5.41, 5.74) is 2.44. The van der Waals surface area contributed by atoms with E-state index >= 15 is 0 Å². The van der Waals surface area contributed by atoms with Gasteiger partial charge in [-0.05, 0) is 55.0 Å². The maximum absolute atomic E-state index is 13.0. The van der Waals surface area contributed by atoms with E-state index < -0.39 is 15.9 Å². The van der Waals surface area contributed by atoms with Gasteiger partial charge in [-0.1, -0.05) is 48.6 Å². The summed E-state index contributed by atoms with van der Waals surface area (Å²) in [6.45, 7) is 1.96. The summed E-state index contributed by atoms with van der Waals surface area (Å²) in [5, 5.41) is 11.8. The van der Waals surface area contributed by atoms with Crippen molar-refractivity contribution in [3.05, 3.63) is 70.2 Å². The molecule has 2 aromatic carbocycles. The topological polar surface area (TPSA) is 101 Å². The van der Waals surface area contributed by atoms with Gasteiger partial charge < -0.3 is 0 Å². The van der Waals surface area contributed by atoms with Crippen molar-refractivity contribution in [3.8, 4) is 0 Å². The minimum atomic E-state index is -3.79. The number of nitrogens with one attached hydrogen (secondary N) is 2. The number of rotatable bonds is 6. The highest BCUT2D eigenvalue weighted by molar-refractivity contribution is 7.89. The second kappa shape index (κ2) is 8.63. The van der Waals surface area contributed by atoms with E-state index in [0.29, 0.717) is 5.13 Å². The average molecular weight is 443 g/mol. The third-order valence-electron chi connectivity index (χ3n) is 5.06. The van der Waals surface area contributed by atoms with Crippen LogP contribution >= 0.6 is 11.3 Å². The quantitative estimate of drug-likeness (QED) is 0.606. The first-order valence-corrected chi connectivity index (χ1v) is 12.1. The van der Waals surface area contributed by atoms with Gasteiger partial charge in [-0.15, -0.1) is 10.2 Å². The molecule has 1 aliphatic carbocycles. The zero-order valence-corrected chi connectivity index (χ0v) is 18.1. The van der Waals surface area contributed by atoms with E-state index in [0.717, 1.165) is 36.3 Å². The second-order valence-corrected chi connectivity index (χ2v) is 9.88. The van der Waals surface area contributed by atoms with Crippen LogP contribution in [0.3, 0.4) is 0 Å². The summed E-state index contributed by atoms with van der Waals surface area (Å²) in [6, 6.07) is 13.7. The van der Waals surface area contributed by atoms with E-state index in [1.54, 1.807) is 12.1 Å². The lowest BCUT2D eigenvalue weighted by molar-refractivity contribution is 0.102. The van der Waals surface area contributed by atoms with Gasteiger partial charge >= 0.3 is 0 Å². The highest BCUT2D eigenvalue weighted by Crippen LogP contribution is 2.31. The normalized spacial score (nSPS) is 16.1. The van der Waals surface area contributed by atoms with Crippen LogP contribution in [-0.4, -0.2) is 24.5 Å². The largest absolute Gasteiger partial charge is 0.296 e. The molecular weight excluding hydrogens is 420 g/mol. The molecule has 4 rings (SSSR count). The number of nitrogens with zero attached hydrogens (tertiary/aromatic N) is 2. The van der Waals surface area contributed by atoms with E-state index in [9.17, 15) is 13.2 Å². The number of amides is 1. The van der Waals surface area contributed by atoms with Crippen molar-refractivity contribution in [3.63, 3.8) is 0 Å². The molecule has 3 aromatic rings. The standard InChI is InChI=1S/C21H22N4O3S2/c1-2-19-23-24-21(29-19)22-20(26)15-9-5-10-16(13-15)30(27,28)25-18-12-6-8-14-7-3-4-11-17(14)18/h3-5,7,9-11,13,18,25H,2,6,8,12H2,1H3,(H,22,24,26)/t18-/m1/s1. The van der Waals surface area contributed by atoms with Crippen molar-refractivity contribution in [2.75, 3.05) is 5.32 Å². The summed E-state index contributed by atoms with van der Waals surface area (Å²) >= 11 is 1.30. The van der Waals surface area contributed by atoms with Crippen LogP contribution in [0, 0.1) is 0 Å². The number of carbonyl (C=O) groups is 1. The Bertz CT molecular complexity index is 1170. The Hall–Kier alpha value is -2.62. The number of benzene rings is 2. The van der Waals surface area contributed by atoms with Crippen LogP contribution in [0.5, 0.6) is 0 Å². The van der Waals surface area contributed by atoms with Gasteiger partial charge in [-0.3, -0.25) is 10.1 Å². The number of aryl methyl sites for hydroxylation is 2. The van der Waals surface area contributed by atoms with Crippen molar-refractivity contribution >= 4 is 32.4 Å². The van der Waals surface area contributed by atoms with Crippen molar-refractivity contribution in [1.29, 1.82) is 0 Å². The first-order valence-electron chi connectivity index (χ1n) is 9.80. The second-order valence-electron chi connectivity index (χ2n) is 7.10. The van der Waals surface area contributed by atoms with Crippen LogP contribution in [-0.2, 0) is 22.9 Å². The van der Waals surface area contributed by atoms with Crippen LogP contribution in [0.15, 0.2) is 53.4 Å². The SMILES string of the molecule is CCc1nnc(NC(=O)c2cccc(S(=O)(=O)N[C@@H]3CCCc4ccccc43)c2)s1. The molecule has 2 N–H and O–H groups in total. The molecule has 0 fully saturated rings. The molecular formula is C21H22N4O3S2. The highest BCUT2D eigenvalue weighted by atomic mass is 32.2. The third-order valence-corrected chi connectivity index (χ3v) is 7.52. The number of anilines is 1. The maximum Gasteiger partial charge on any atom is 0.257 e. The first-order chi connectivity index (χ1) is 14.5. The van der Waals surface area contributed by atoms with Crippen molar-refractivity contribution in [2.45, 2.75) is 43.5 Å². The summed E-state index contributed by atoms with van der Waals surface area (Å²) in [4.78, 5) is 12.6. The number of sulfonamides is 1. The lowest BCUT2D eigenvalue weighted by Crippen LogP contribution is -2.31. The molecule has 0 radical (unpaired) electrons. The molecule has 0 saturated heterocycles. The molecule has 9 heteroatoms. The minimum Gasteiger partial charge on any atom is -0.296 e. The molecule has 1 atom stereocenters. The van der Waals surface area contributed by atoms with Crippen LogP contribution in [0.1, 0.15) is 52.3 Å².